The van der Waals surface area contributed by atoms with Gasteiger partial charge in [-0.3, -0.25) is 4.79 Å². The highest BCUT2D eigenvalue weighted by atomic mass is 16.6. The summed E-state index contributed by atoms with van der Waals surface area (Å²) in [6.45, 7) is 5.99. The number of amides is 2. The van der Waals surface area contributed by atoms with Crippen molar-refractivity contribution in [2.24, 2.45) is 0 Å². The van der Waals surface area contributed by atoms with Gasteiger partial charge in [-0.05, 0) is 38.7 Å². The minimum absolute atomic E-state index is 0.124. The summed E-state index contributed by atoms with van der Waals surface area (Å²) in [5.74, 6) is -0.395. The third kappa shape index (κ3) is 3.86. The summed E-state index contributed by atoms with van der Waals surface area (Å²) >= 11 is 0. The van der Waals surface area contributed by atoms with Gasteiger partial charge >= 0.3 is 12.1 Å². The van der Waals surface area contributed by atoms with E-state index in [1.807, 2.05) is 26.8 Å². The van der Waals surface area contributed by atoms with E-state index in [1.54, 1.807) is 0 Å². The Labute approximate surface area is 175 Å². The van der Waals surface area contributed by atoms with Crippen LogP contribution in [0.3, 0.4) is 0 Å². The van der Waals surface area contributed by atoms with E-state index in [0.717, 1.165) is 11.1 Å². The lowest BCUT2D eigenvalue weighted by molar-refractivity contribution is -0.129. The van der Waals surface area contributed by atoms with Crippen molar-refractivity contribution in [2.45, 2.75) is 59.1 Å². The van der Waals surface area contributed by atoms with E-state index in [0.29, 0.717) is 36.1 Å². The first kappa shape index (κ1) is 21.7. The number of cyclic esters (lactones) is 2. The van der Waals surface area contributed by atoms with E-state index < -0.39 is 12.1 Å². The summed E-state index contributed by atoms with van der Waals surface area (Å²) in [5, 5.41) is 10.7. The Morgan fingerprint density at radius 3 is 2.70 bits per heavy atom. The van der Waals surface area contributed by atoms with Gasteiger partial charge in [0.25, 0.3) is 0 Å². The number of ether oxygens (including phenoxy) is 3. The number of hydrogen-bond donors (Lipinski definition) is 1. The van der Waals surface area contributed by atoms with Gasteiger partial charge in [-0.15, -0.1) is 0 Å². The predicted octanol–water partition coefficient (Wildman–Crippen LogP) is 3.41. The molecule has 1 saturated heterocycles. The Hall–Kier alpha value is -3.03. The number of phenolic OH excluding ortho intramolecular Hbond substituents is 1. The number of phenols is 1. The first-order valence-electron chi connectivity index (χ1n) is 10.0. The third-order valence-corrected chi connectivity index (χ3v) is 5.74. The molecule has 0 aromatic heterocycles. The van der Waals surface area contributed by atoms with Crippen LogP contribution in [-0.2, 0) is 27.3 Å². The van der Waals surface area contributed by atoms with Crippen LogP contribution in [0.1, 0.15) is 60.2 Å². The Kier molecular flexibility index (Phi) is 6.34. The average molecular weight is 417 g/mol. The zero-order valence-electron chi connectivity index (χ0n) is 17.7. The fourth-order valence-corrected chi connectivity index (χ4v) is 3.90. The lowest BCUT2D eigenvalue weighted by Gasteiger charge is -2.18. The van der Waals surface area contributed by atoms with E-state index in [1.165, 1.54) is 12.0 Å². The fourth-order valence-electron chi connectivity index (χ4n) is 3.90. The molecule has 162 valence electrons. The molecule has 0 aliphatic carbocycles. The van der Waals surface area contributed by atoms with Gasteiger partial charge in [-0.2, -0.15) is 0 Å². The van der Waals surface area contributed by atoms with Crippen LogP contribution in [0.15, 0.2) is 11.6 Å². The summed E-state index contributed by atoms with van der Waals surface area (Å²) in [5.41, 5.74) is 3.04. The second-order valence-electron chi connectivity index (χ2n) is 7.57. The number of hydrogen-bond acceptors (Lipinski definition) is 7. The molecule has 1 aromatic rings. The van der Waals surface area contributed by atoms with E-state index in [4.69, 9.17) is 14.2 Å². The van der Waals surface area contributed by atoms with Crippen molar-refractivity contribution in [3.63, 3.8) is 0 Å². The zero-order chi connectivity index (χ0) is 22.0. The minimum atomic E-state index is -0.580. The second kappa shape index (κ2) is 8.77. The molecule has 2 amide bonds. The molecule has 3 rings (SSSR count). The molecule has 30 heavy (non-hydrogen) atoms. The van der Waals surface area contributed by atoms with E-state index in [2.05, 4.69) is 0 Å². The van der Waals surface area contributed by atoms with Crippen molar-refractivity contribution in [3.05, 3.63) is 33.9 Å². The monoisotopic (exact) mass is 417 g/mol. The molecule has 2 aliphatic rings. The van der Waals surface area contributed by atoms with Crippen molar-refractivity contribution in [2.75, 3.05) is 13.7 Å². The maximum absolute atomic E-state index is 12.5. The summed E-state index contributed by atoms with van der Waals surface area (Å²) in [4.78, 5) is 37.4. The highest BCUT2D eigenvalue weighted by Gasteiger charge is 2.36. The quantitative estimate of drug-likeness (QED) is 0.536. The average Bonchev–Trinajstić information content (AvgIpc) is 3.30. The molecular weight excluding hydrogens is 390 g/mol. The minimum Gasteiger partial charge on any atom is -0.507 e. The lowest BCUT2D eigenvalue weighted by atomic mass is 9.94. The van der Waals surface area contributed by atoms with Gasteiger partial charge in [-0.25, -0.2) is 14.5 Å². The van der Waals surface area contributed by atoms with Crippen molar-refractivity contribution in [1.29, 1.82) is 0 Å². The SMILES string of the molecule is CC[C@H]1COC(=O)N1C(=O)CCC(C)=CCc1c(O)c2c(c(C)c1OC)COC2=O. The number of carbonyl (C=O) groups is 3. The molecule has 2 heterocycles. The topological polar surface area (TPSA) is 102 Å². The highest BCUT2D eigenvalue weighted by Crippen LogP contribution is 2.42. The molecule has 1 fully saturated rings. The van der Waals surface area contributed by atoms with Crippen LogP contribution in [0, 0.1) is 6.92 Å². The van der Waals surface area contributed by atoms with Gasteiger partial charge in [0.05, 0.1) is 13.2 Å². The fraction of sp³-hybridized carbons (Fsp3) is 0.500. The summed E-state index contributed by atoms with van der Waals surface area (Å²) < 4.78 is 15.5. The van der Waals surface area contributed by atoms with Gasteiger partial charge in [0.2, 0.25) is 5.91 Å². The van der Waals surface area contributed by atoms with Crippen LogP contribution in [0.4, 0.5) is 4.79 Å². The number of esters is 1. The normalized spacial score (nSPS) is 18.3. The van der Waals surface area contributed by atoms with Gasteiger partial charge in [0.15, 0.2) is 0 Å². The van der Waals surface area contributed by atoms with Crippen LogP contribution in [0.25, 0.3) is 0 Å². The second-order valence-corrected chi connectivity index (χ2v) is 7.57. The summed E-state index contributed by atoms with van der Waals surface area (Å²) in [6, 6.07) is -0.204. The number of methoxy groups -OCH3 is 1. The molecule has 8 nitrogen and oxygen atoms in total. The molecule has 0 spiro atoms. The number of nitrogens with zero attached hydrogens (tertiary/aromatic N) is 1. The zero-order valence-corrected chi connectivity index (χ0v) is 17.7. The standard InChI is InChI=1S/C22H27NO7/c1-5-14-10-30-22(27)23(14)17(24)9-7-12(2)6-8-15-19(25)18-16(11-29-21(18)26)13(3)20(15)28-4/h6,14,25H,5,7-11H2,1-4H3/t14-/m0/s1. The number of carbonyl (C=O) groups excluding carboxylic acids is 3. The van der Waals surface area contributed by atoms with E-state index in [9.17, 15) is 19.5 Å². The molecule has 2 aliphatic heterocycles. The van der Waals surface area contributed by atoms with Crippen molar-refractivity contribution in [3.8, 4) is 11.5 Å². The number of allylic oxidation sites excluding steroid dienone is 2. The first-order chi connectivity index (χ1) is 14.3. The Balaban J connectivity index is 1.72. The number of rotatable bonds is 7. The number of imide groups is 1. The molecule has 1 aromatic carbocycles. The lowest BCUT2D eigenvalue weighted by Crippen LogP contribution is -2.38. The van der Waals surface area contributed by atoms with Gasteiger partial charge in [0, 0.05) is 17.5 Å². The third-order valence-electron chi connectivity index (χ3n) is 5.74. The Bertz CT molecular complexity index is 919. The van der Waals surface area contributed by atoms with Crippen molar-refractivity contribution < 1.29 is 33.7 Å². The van der Waals surface area contributed by atoms with Crippen LogP contribution in [0.5, 0.6) is 11.5 Å². The van der Waals surface area contributed by atoms with Gasteiger partial charge in [-0.1, -0.05) is 18.6 Å². The molecule has 0 saturated carbocycles. The Morgan fingerprint density at radius 2 is 2.03 bits per heavy atom. The Morgan fingerprint density at radius 1 is 1.30 bits per heavy atom. The maximum Gasteiger partial charge on any atom is 0.416 e. The van der Waals surface area contributed by atoms with Crippen LogP contribution >= 0.6 is 0 Å². The van der Waals surface area contributed by atoms with Crippen LogP contribution in [0.2, 0.25) is 0 Å². The molecule has 0 unspecified atom stereocenters. The molecular formula is C22H27NO7. The van der Waals surface area contributed by atoms with Crippen molar-refractivity contribution in [1.82, 2.24) is 4.90 Å². The maximum atomic E-state index is 12.5. The van der Waals surface area contributed by atoms with Crippen molar-refractivity contribution >= 4 is 18.0 Å². The largest absolute Gasteiger partial charge is 0.507 e. The highest BCUT2D eigenvalue weighted by molar-refractivity contribution is 5.98. The molecule has 1 atom stereocenters. The smallest absolute Gasteiger partial charge is 0.416 e. The first-order valence-corrected chi connectivity index (χ1v) is 10.0. The molecule has 0 radical (unpaired) electrons. The van der Waals surface area contributed by atoms with E-state index in [-0.39, 0.29) is 42.9 Å². The van der Waals surface area contributed by atoms with Crippen LogP contribution in [-0.4, -0.2) is 47.7 Å². The van der Waals surface area contributed by atoms with Gasteiger partial charge in [0.1, 0.15) is 30.3 Å². The molecule has 1 N–H and O–H groups in total. The number of benzene rings is 1. The molecule has 0 bridgehead atoms. The van der Waals surface area contributed by atoms with Crippen LogP contribution < -0.4 is 4.74 Å². The summed E-state index contributed by atoms with van der Waals surface area (Å²) in [6.07, 6.45) is 2.95. The number of fused-ring (bicyclic) bond motifs is 1. The molecule has 8 heteroatoms. The summed E-state index contributed by atoms with van der Waals surface area (Å²) in [7, 11) is 1.52. The predicted molar refractivity (Wildman–Crippen MR) is 107 cm³/mol. The van der Waals surface area contributed by atoms with Gasteiger partial charge < -0.3 is 19.3 Å². The van der Waals surface area contributed by atoms with E-state index >= 15 is 0 Å². The number of aromatic hydroxyl groups is 1.